The van der Waals surface area contributed by atoms with E-state index in [9.17, 15) is 9.59 Å². The van der Waals surface area contributed by atoms with Crippen LogP contribution in [0.1, 0.15) is 25.7 Å². The minimum absolute atomic E-state index is 0.000220. The standard InChI is InChI=1S/C14H21N5O2/c20-13-6-12(8-18(13)7-11-2-3-11)14(21)16-4-1-5-19-10-15-9-17-19/h9-12H,1-8H2,(H,16,21)/t12-/m0/s1. The molecule has 1 N–H and O–H groups in total. The smallest absolute Gasteiger partial charge is 0.225 e. The van der Waals surface area contributed by atoms with E-state index in [4.69, 9.17) is 0 Å². The van der Waals surface area contributed by atoms with Crippen molar-refractivity contribution in [3.8, 4) is 0 Å². The Labute approximate surface area is 123 Å². The number of aromatic nitrogens is 3. The number of rotatable bonds is 7. The van der Waals surface area contributed by atoms with E-state index in [2.05, 4.69) is 15.4 Å². The number of nitrogens with one attached hydrogen (secondary N) is 1. The van der Waals surface area contributed by atoms with E-state index >= 15 is 0 Å². The maximum atomic E-state index is 12.1. The summed E-state index contributed by atoms with van der Waals surface area (Å²) in [5, 5.41) is 6.92. The van der Waals surface area contributed by atoms with Gasteiger partial charge < -0.3 is 10.2 Å². The van der Waals surface area contributed by atoms with Crippen LogP contribution >= 0.6 is 0 Å². The number of hydrogen-bond acceptors (Lipinski definition) is 4. The second kappa shape index (κ2) is 6.24. The zero-order chi connectivity index (χ0) is 14.7. The van der Waals surface area contributed by atoms with E-state index in [-0.39, 0.29) is 17.7 Å². The fourth-order valence-electron chi connectivity index (χ4n) is 2.68. The Bertz CT molecular complexity index is 497. The van der Waals surface area contributed by atoms with E-state index in [0.717, 1.165) is 19.5 Å². The van der Waals surface area contributed by atoms with Gasteiger partial charge in [0.2, 0.25) is 11.8 Å². The fraction of sp³-hybridized carbons (Fsp3) is 0.714. The topological polar surface area (TPSA) is 80.1 Å². The Morgan fingerprint density at radius 2 is 2.29 bits per heavy atom. The summed E-state index contributed by atoms with van der Waals surface area (Å²) in [6.45, 7) is 2.77. The van der Waals surface area contributed by atoms with Crippen LogP contribution in [0, 0.1) is 11.8 Å². The van der Waals surface area contributed by atoms with Crippen molar-refractivity contribution in [3.05, 3.63) is 12.7 Å². The number of carbonyl (C=O) groups is 2. The highest BCUT2D eigenvalue weighted by Gasteiger charge is 2.36. The number of hydrogen-bond donors (Lipinski definition) is 1. The van der Waals surface area contributed by atoms with E-state index < -0.39 is 0 Å². The van der Waals surface area contributed by atoms with Crippen LogP contribution in [0.15, 0.2) is 12.7 Å². The highest BCUT2D eigenvalue weighted by atomic mass is 16.2. The number of amides is 2. The first-order valence-electron chi connectivity index (χ1n) is 7.60. The number of aryl methyl sites for hydroxylation is 1. The first-order chi connectivity index (χ1) is 10.2. The third-order valence-electron chi connectivity index (χ3n) is 4.09. The summed E-state index contributed by atoms with van der Waals surface area (Å²) in [4.78, 5) is 29.7. The summed E-state index contributed by atoms with van der Waals surface area (Å²) in [5.74, 6) is 0.631. The maximum absolute atomic E-state index is 12.1. The second-order valence-electron chi connectivity index (χ2n) is 5.95. The molecule has 21 heavy (non-hydrogen) atoms. The van der Waals surface area contributed by atoms with Crippen LogP contribution in [0.3, 0.4) is 0 Å². The molecule has 7 heteroatoms. The molecule has 1 aromatic heterocycles. The normalized spacial score (nSPS) is 21.8. The number of likely N-dealkylation sites (tertiary alicyclic amines) is 1. The monoisotopic (exact) mass is 291 g/mol. The molecule has 0 bridgehead atoms. The molecule has 0 unspecified atom stereocenters. The second-order valence-corrected chi connectivity index (χ2v) is 5.95. The average molecular weight is 291 g/mol. The van der Waals surface area contributed by atoms with Crippen molar-refractivity contribution in [1.29, 1.82) is 0 Å². The van der Waals surface area contributed by atoms with Gasteiger partial charge in [0.25, 0.3) is 0 Å². The number of nitrogens with zero attached hydrogens (tertiary/aromatic N) is 4. The summed E-state index contributed by atoms with van der Waals surface area (Å²) in [6, 6.07) is 0. The summed E-state index contributed by atoms with van der Waals surface area (Å²) >= 11 is 0. The van der Waals surface area contributed by atoms with Crippen molar-refractivity contribution in [2.24, 2.45) is 11.8 Å². The Kier molecular flexibility index (Phi) is 4.17. The summed E-state index contributed by atoms with van der Waals surface area (Å²) < 4.78 is 1.74. The highest BCUT2D eigenvalue weighted by Crippen LogP contribution is 2.31. The lowest BCUT2D eigenvalue weighted by molar-refractivity contribution is -0.129. The minimum Gasteiger partial charge on any atom is -0.356 e. The van der Waals surface area contributed by atoms with Gasteiger partial charge in [-0.2, -0.15) is 5.10 Å². The Morgan fingerprint density at radius 1 is 1.43 bits per heavy atom. The first-order valence-corrected chi connectivity index (χ1v) is 7.60. The molecule has 2 amide bonds. The van der Waals surface area contributed by atoms with Crippen LogP contribution in [0.2, 0.25) is 0 Å². The Balaban J connectivity index is 1.36. The quantitative estimate of drug-likeness (QED) is 0.720. The van der Waals surface area contributed by atoms with Gasteiger partial charge in [0.05, 0.1) is 5.92 Å². The van der Waals surface area contributed by atoms with Gasteiger partial charge >= 0.3 is 0 Å². The lowest BCUT2D eigenvalue weighted by Crippen LogP contribution is -2.34. The predicted octanol–water partition coefficient (Wildman–Crippen LogP) is 0.0429. The maximum Gasteiger partial charge on any atom is 0.225 e. The van der Waals surface area contributed by atoms with Crippen molar-refractivity contribution >= 4 is 11.8 Å². The van der Waals surface area contributed by atoms with Crippen LogP contribution in [0.25, 0.3) is 0 Å². The molecule has 0 aromatic carbocycles. The molecule has 0 radical (unpaired) electrons. The molecular weight excluding hydrogens is 270 g/mol. The molecular formula is C14H21N5O2. The summed E-state index contributed by atoms with van der Waals surface area (Å²) in [7, 11) is 0. The van der Waals surface area contributed by atoms with Crippen LogP contribution in [0.4, 0.5) is 0 Å². The van der Waals surface area contributed by atoms with Gasteiger partial charge in [0.15, 0.2) is 0 Å². The lowest BCUT2D eigenvalue weighted by Gasteiger charge is -2.16. The summed E-state index contributed by atoms with van der Waals surface area (Å²) in [6.07, 6.45) is 6.78. The van der Waals surface area contributed by atoms with Crippen LogP contribution in [0.5, 0.6) is 0 Å². The van der Waals surface area contributed by atoms with Crippen LogP contribution in [-0.2, 0) is 16.1 Å². The third-order valence-corrected chi connectivity index (χ3v) is 4.09. The lowest BCUT2D eigenvalue weighted by atomic mass is 10.1. The molecule has 3 rings (SSSR count). The SMILES string of the molecule is O=C(NCCCn1cncn1)[C@H]1CC(=O)N(CC2CC2)C1. The zero-order valence-corrected chi connectivity index (χ0v) is 12.1. The van der Waals surface area contributed by atoms with Gasteiger partial charge in [-0.05, 0) is 25.2 Å². The average Bonchev–Trinajstić information content (AvgIpc) is 2.98. The van der Waals surface area contributed by atoms with E-state index in [1.807, 2.05) is 4.90 Å². The Morgan fingerprint density at radius 3 is 3.00 bits per heavy atom. The predicted molar refractivity (Wildman–Crippen MR) is 75.1 cm³/mol. The fourth-order valence-corrected chi connectivity index (χ4v) is 2.68. The molecule has 2 fully saturated rings. The zero-order valence-electron chi connectivity index (χ0n) is 12.1. The minimum atomic E-state index is -0.178. The van der Waals surface area contributed by atoms with E-state index in [0.29, 0.717) is 25.4 Å². The molecule has 1 aliphatic heterocycles. The van der Waals surface area contributed by atoms with Crippen LogP contribution in [-0.4, -0.2) is 51.1 Å². The van der Waals surface area contributed by atoms with Crippen molar-refractivity contribution in [1.82, 2.24) is 25.0 Å². The van der Waals surface area contributed by atoms with Gasteiger partial charge in [0, 0.05) is 32.6 Å². The summed E-state index contributed by atoms with van der Waals surface area (Å²) in [5.41, 5.74) is 0. The molecule has 1 aliphatic carbocycles. The van der Waals surface area contributed by atoms with Gasteiger partial charge in [0.1, 0.15) is 12.7 Å². The van der Waals surface area contributed by atoms with Crippen molar-refractivity contribution in [3.63, 3.8) is 0 Å². The van der Waals surface area contributed by atoms with Gasteiger partial charge in [-0.25, -0.2) is 4.98 Å². The first kappa shape index (κ1) is 14.0. The molecule has 1 saturated heterocycles. The van der Waals surface area contributed by atoms with Gasteiger partial charge in [-0.15, -0.1) is 0 Å². The molecule has 7 nitrogen and oxygen atoms in total. The largest absolute Gasteiger partial charge is 0.356 e. The van der Waals surface area contributed by atoms with Crippen molar-refractivity contribution in [2.75, 3.05) is 19.6 Å². The molecule has 1 saturated carbocycles. The molecule has 1 atom stereocenters. The number of carbonyl (C=O) groups excluding carboxylic acids is 2. The molecule has 1 aromatic rings. The third kappa shape index (κ3) is 3.80. The van der Waals surface area contributed by atoms with Crippen LogP contribution < -0.4 is 5.32 Å². The van der Waals surface area contributed by atoms with Crippen molar-refractivity contribution in [2.45, 2.75) is 32.2 Å². The molecule has 0 spiro atoms. The highest BCUT2D eigenvalue weighted by molar-refractivity contribution is 5.89. The van der Waals surface area contributed by atoms with E-state index in [1.54, 1.807) is 11.0 Å². The molecule has 2 heterocycles. The van der Waals surface area contributed by atoms with Gasteiger partial charge in [-0.1, -0.05) is 0 Å². The van der Waals surface area contributed by atoms with Gasteiger partial charge in [-0.3, -0.25) is 14.3 Å². The Hall–Kier alpha value is -1.92. The van der Waals surface area contributed by atoms with E-state index in [1.165, 1.54) is 19.2 Å². The molecule has 2 aliphatic rings. The van der Waals surface area contributed by atoms with Crippen molar-refractivity contribution < 1.29 is 9.59 Å². The molecule has 114 valence electrons.